The van der Waals surface area contributed by atoms with Gasteiger partial charge in [0.2, 0.25) is 0 Å². The molecular weight excluding hydrogens is 386 g/mol. The number of fused-ring (bicyclic) bond motifs is 3. The number of benzene rings is 1. The molecule has 3 N–H and O–H groups in total. The van der Waals surface area contributed by atoms with Gasteiger partial charge in [-0.2, -0.15) is 0 Å². The van der Waals surface area contributed by atoms with Crippen LogP contribution in [0.3, 0.4) is 0 Å². The fraction of sp³-hybridized carbons (Fsp3) is 0.478. The van der Waals surface area contributed by atoms with E-state index in [2.05, 4.69) is 17.5 Å². The summed E-state index contributed by atoms with van der Waals surface area (Å²) >= 11 is 1.52. The molecule has 1 amide bonds. The fourth-order valence-corrected chi connectivity index (χ4v) is 5.82. The van der Waals surface area contributed by atoms with Crippen molar-refractivity contribution < 1.29 is 19.8 Å². The molecule has 1 aromatic carbocycles. The molecule has 5 nitrogen and oxygen atoms in total. The molecule has 5 rings (SSSR count). The summed E-state index contributed by atoms with van der Waals surface area (Å²) in [5.41, 5.74) is 0.642. The van der Waals surface area contributed by atoms with Gasteiger partial charge in [0, 0.05) is 27.9 Å². The van der Waals surface area contributed by atoms with E-state index in [4.69, 9.17) is 5.11 Å². The highest BCUT2D eigenvalue weighted by molar-refractivity contribution is 7.17. The highest BCUT2D eigenvalue weighted by Crippen LogP contribution is 2.50. The average molecular weight is 414 g/mol. The van der Waals surface area contributed by atoms with E-state index in [1.165, 1.54) is 24.2 Å². The van der Waals surface area contributed by atoms with Gasteiger partial charge in [0.1, 0.15) is 5.75 Å². The summed E-state index contributed by atoms with van der Waals surface area (Å²) in [6.45, 7) is 0. The molecule has 3 aliphatic rings. The van der Waals surface area contributed by atoms with Gasteiger partial charge in [-0.15, -0.1) is 11.3 Å². The Balaban J connectivity index is 1.39. The maximum Gasteiger partial charge on any atom is 0.303 e. The molecule has 0 aliphatic heterocycles. The smallest absolute Gasteiger partial charge is 0.303 e. The summed E-state index contributed by atoms with van der Waals surface area (Å²) in [5.74, 6) is 1.22. The van der Waals surface area contributed by atoms with E-state index < -0.39 is 5.97 Å². The van der Waals surface area contributed by atoms with E-state index in [-0.39, 0.29) is 24.1 Å². The number of hydrogen-bond donors (Lipinski definition) is 3. The van der Waals surface area contributed by atoms with Gasteiger partial charge in [0.15, 0.2) is 0 Å². The summed E-state index contributed by atoms with van der Waals surface area (Å²) in [4.78, 5) is 23.6. The molecule has 1 heterocycles. The topological polar surface area (TPSA) is 86.6 Å². The zero-order valence-electron chi connectivity index (χ0n) is 16.3. The van der Waals surface area contributed by atoms with E-state index in [0.717, 1.165) is 35.3 Å². The average Bonchev–Trinajstić information content (AvgIpc) is 3.07. The number of rotatable bonds is 8. The van der Waals surface area contributed by atoms with Crippen molar-refractivity contribution in [2.24, 2.45) is 17.8 Å². The first-order valence-electron chi connectivity index (χ1n) is 10.4. The van der Waals surface area contributed by atoms with Gasteiger partial charge in [-0.3, -0.25) is 9.59 Å². The molecule has 6 heteroatoms. The third-order valence-corrected chi connectivity index (χ3v) is 7.40. The van der Waals surface area contributed by atoms with E-state index in [0.29, 0.717) is 23.8 Å². The van der Waals surface area contributed by atoms with Crippen LogP contribution in [0.4, 0.5) is 0 Å². The van der Waals surface area contributed by atoms with E-state index in [9.17, 15) is 14.7 Å². The molecule has 3 aliphatic carbocycles. The van der Waals surface area contributed by atoms with Gasteiger partial charge >= 0.3 is 5.97 Å². The quantitative estimate of drug-likeness (QED) is 0.422. The molecule has 2 aromatic rings. The Morgan fingerprint density at radius 3 is 2.83 bits per heavy atom. The Kier molecular flexibility index (Phi) is 5.90. The Morgan fingerprint density at radius 2 is 2.03 bits per heavy atom. The molecule has 3 fully saturated rings. The number of carboxylic acids is 1. The zero-order valence-corrected chi connectivity index (χ0v) is 17.2. The van der Waals surface area contributed by atoms with Gasteiger partial charge in [0.05, 0.1) is 5.56 Å². The van der Waals surface area contributed by atoms with Crippen LogP contribution in [0.5, 0.6) is 5.75 Å². The molecule has 3 saturated carbocycles. The fourth-order valence-electron chi connectivity index (χ4n) is 4.90. The number of hydrogen-bond acceptors (Lipinski definition) is 4. The number of phenolic OH excluding ortho intramolecular Hbond substituents is 1. The van der Waals surface area contributed by atoms with Gasteiger partial charge in [-0.05, 0) is 74.5 Å². The lowest BCUT2D eigenvalue weighted by molar-refractivity contribution is -0.137. The molecule has 1 aromatic heterocycles. The Morgan fingerprint density at radius 1 is 1.21 bits per heavy atom. The summed E-state index contributed by atoms with van der Waals surface area (Å²) < 4.78 is 1.00. The molecule has 29 heavy (non-hydrogen) atoms. The number of carboxylic acid groups (broad SMARTS) is 1. The van der Waals surface area contributed by atoms with Gasteiger partial charge in [-0.25, -0.2) is 0 Å². The first kappa shape index (κ1) is 20.0. The second-order valence-corrected chi connectivity index (χ2v) is 9.31. The van der Waals surface area contributed by atoms with Crippen LogP contribution in [0.15, 0.2) is 35.7 Å². The first-order chi connectivity index (χ1) is 14.0. The maximum atomic E-state index is 13.0. The Bertz CT molecular complexity index is 928. The van der Waals surface area contributed by atoms with Crippen molar-refractivity contribution >= 4 is 33.3 Å². The van der Waals surface area contributed by atoms with Crippen LogP contribution in [-0.2, 0) is 4.79 Å². The highest BCUT2D eigenvalue weighted by Gasteiger charge is 2.45. The van der Waals surface area contributed by atoms with Crippen molar-refractivity contribution in [3.8, 4) is 5.75 Å². The Labute approximate surface area is 174 Å². The third kappa shape index (κ3) is 4.47. The van der Waals surface area contributed by atoms with Crippen molar-refractivity contribution in [2.75, 3.05) is 0 Å². The molecule has 0 radical (unpaired) electrons. The van der Waals surface area contributed by atoms with Crippen molar-refractivity contribution in [3.05, 3.63) is 41.3 Å². The number of nitrogens with one attached hydrogen (secondary N) is 1. The van der Waals surface area contributed by atoms with Crippen LogP contribution in [0.25, 0.3) is 10.1 Å². The number of amides is 1. The van der Waals surface area contributed by atoms with Gasteiger partial charge in [-0.1, -0.05) is 12.2 Å². The van der Waals surface area contributed by atoms with Crippen LogP contribution in [0.1, 0.15) is 55.3 Å². The van der Waals surface area contributed by atoms with Crippen molar-refractivity contribution in [1.29, 1.82) is 0 Å². The van der Waals surface area contributed by atoms with Crippen LogP contribution >= 0.6 is 11.3 Å². The molecule has 2 atom stereocenters. The maximum absolute atomic E-state index is 13.0. The van der Waals surface area contributed by atoms with E-state index in [1.54, 1.807) is 12.1 Å². The number of aromatic hydroxyl groups is 1. The molecular formula is C23H27NO4S. The highest BCUT2D eigenvalue weighted by atomic mass is 32.1. The standard InChI is InChI=1S/C23H27NO4S/c25-16-7-8-21-18(12-16)19(13-29-21)23(28)24-20-11-14-9-15(10-14)17(20)5-3-1-2-4-6-22(26)27/h1,3,7-8,12-15,17,20,25H,2,4-6,9-11H2,(H,24,28)(H,26,27)/b3-1-. The lowest BCUT2D eigenvalue weighted by Crippen LogP contribution is -2.52. The molecule has 154 valence electrons. The summed E-state index contributed by atoms with van der Waals surface area (Å²) in [7, 11) is 0. The van der Waals surface area contributed by atoms with Gasteiger partial charge < -0.3 is 15.5 Å². The number of carbonyl (C=O) groups excluding carboxylic acids is 1. The second-order valence-electron chi connectivity index (χ2n) is 8.40. The zero-order chi connectivity index (χ0) is 20.4. The predicted molar refractivity (Wildman–Crippen MR) is 114 cm³/mol. The number of carbonyl (C=O) groups is 2. The largest absolute Gasteiger partial charge is 0.508 e. The summed E-state index contributed by atoms with van der Waals surface area (Å²) in [5, 5.41) is 24.5. The van der Waals surface area contributed by atoms with Crippen LogP contribution in [0.2, 0.25) is 0 Å². The molecule has 2 unspecified atom stereocenters. The van der Waals surface area contributed by atoms with Crippen LogP contribution in [-0.4, -0.2) is 28.1 Å². The minimum Gasteiger partial charge on any atom is -0.508 e. The number of thiophene rings is 1. The predicted octanol–water partition coefficient (Wildman–Crippen LogP) is 4.95. The van der Waals surface area contributed by atoms with Crippen molar-refractivity contribution in [2.45, 2.75) is 51.0 Å². The minimum atomic E-state index is -0.747. The Hall–Kier alpha value is -2.34. The second kappa shape index (κ2) is 8.57. The first-order valence-corrected chi connectivity index (χ1v) is 11.3. The number of allylic oxidation sites excluding steroid dienone is 2. The summed E-state index contributed by atoms with van der Waals surface area (Å²) in [6, 6.07) is 5.33. The number of phenols is 1. The van der Waals surface area contributed by atoms with Crippen molar-refractivity contribution in [3.63, 3.8) is 0 Å². The van der Waals surface area contributed by atoms with E-state index in [1.807, 2.05) is 11.4 Å². The monoisotopic (exact) mass is 413 g/mol. The molecule has 0 saturated heterocycles. The lowest BCUT2D eigenvalue weighted by atomic mass is 9.57. The molecule has 2 bridgehead atoms. The third-order valence-electron chi connectivity index (χ3n) is 6.44. The van der Waals surface area contributed by atoms with Crippen LogP contribution < -0.4 is 5.32 Å². The lowest BCUT2D eigenvalue weighted by Gasteiger charge is -2.51. The van der Waals surface area contributed by atoms with Gasteiger partial charge in [0.25, 0.3) is 5.91 Å². The number of unbranched alkanes of at least 4 members (excludes halogenated alkanes) is 1. The summed E-state index contributed by atoms with van der Waals surface area (Å²) in [6.07, 6.45) is 10.4. The molecule has 0 spiro atoms. The van der Waals surface area contributed by atoms with Crippen LogP contribution in [0, 0.1) is 17.8 Å². The van der Waals surface area contributed by atoms with Crippen molar-refractivity contribution in [1.82, 2.24) is 5.32 Å². The normalized spacial score (nSPS) is 25.8. The minimum absolute atomic E-state index is 0.0522. The van der Waals surface area contributed by atoms with E-state index >= 15 is 0 Å². The number of aliphatic carboxylic acids is 1. The SMILES string of the molecule is O=C(O)CCC/C=C\CC1C2CC(C2)CC1NC(=O)c1csc2ccc(O)cc12.